The van der Waals surface area contributed by atoms with Crippen LogP contribution < -0.4 is 0 Å². The van der Waals surface area contributed by atoms with Gasteiger partial charge < -0.3 is 0 Å². The summed E-state index contributed by atoms with van der Waals surface area (Å²) in [7, 11) is 0. The van der Waals surface area contributed by atoms with Gasteiger partial charge in [-0.2, -0.15) is 0 Å². The fourth-order valence-electron chi connectivity index (χ4n) is 2.20. The van der Waals surface area contributed by atoms with Crippen LogP contribution in [0, 0.1) is 0 Å². The molecule has 0 atom stereocenters. The number of carbonyl (C=O) groups excluding carboxylic acids is 2. The highest BCUT2D eigenvalue weighted by atomic mass is 32.2. The Morgan fingerprint density at radius 3 is 1.87 bits per heavy atom. The van der Waals surface area contributed by atoms with E-state index in [4.69, 9.17) is 0 Å². The van der Waals surface area contributed by atoms with Crippen LogP contribution in [0.3, 0.4) is 0 Å². The normalized spacial score (nSPS) is 10.3. The third-order valence-electron chi connectivity index (χ3n) is 3.35. The van der Waals surface area contributed by atoms with Crippen LogP contribution in [0.25, 0.3) is 0 Å². The molecular weight excluding hydrogens is 304 g/mol. The summed E-state index contributed by atoms with van der Waals surface area (Å²) < 4.78 is 0. The van der Waals surface area contributed by atoms with Gasteiger partial charge >= 0.3 is 0 Å². The van der Waals surface area contributed by atoms with Gasteiger partial charge in [0.1, 0.15) is 0 Å². The zero-order chi connectivity index (χ0) is 16.1. The highest BCUT2D eigenvalue weighted by molar-refractivity contribution is 8.14. The van der Waals surface area contributed by atoms with E-state index in [1.807, 2.05) is 48.5 Å². The van der Waals surface area contributed by atoms with Gasteiger partial charge in [-0.05, 0) is 30.0 Å². The second-order valence-electron chi connectivity index (χ2n) is 4.98. The maximum Gasteiger partial charge on any atom is 0.224 e. The molecule has 3 heteroatoms. The van der Waals surface area contributed by atoms with Crippen LogP contribution in [0.2, 0.25) is 0 Å². The van der Waals surface area contributed by atoms with E-state index in [9.17, 15) is 9.59 Å². The van der Waals surface area contributed by atoms with Gasteiger partial charge in [0.05, 0.1) is 0 Å². The SMILES string of the molecule is O=C(Sc1ccccc1)c1cccc(C(=O)c2ccccc2)c1. The van der Waals surface area contributed by atoms with E-state index < -0.39 is 0 Å². The standard InChI is InChI=1S/C20H14O2S/c21-19(15-8-3-1-4-9-15)16-10-7-11-17(14-16)20(22)23-18-12-5-2-6-13-18/h1-14H. The number of thioether (sulfide) groups is 1. The molecule has 23 heavy (non-hydrogen) atoms. The largest absolute Gasteiger partial charge is 0.289 e. The molecule has 0 aliphatic rings. The van der Waals surface area contributed by atoms with Gasteiger partial charge in [-0.25, -0.2) is 0 Å². The molecule has 0 bridgehead atoms. The zero-order valence-corrected chi connectivity index (χ0v) is 13.1. The van der Waals surface area contributed by atoms with Crippen LogP contribution in [0.1, 0.15) is 26.3 Å². The average Bonchev–Trinajstić information content (AvgIpc) is 2.63. The van der Waals surface area contributed by atoms with Gasteiger partial charge in [-0.15, -0.1) is 0 Å². The third kappa shape index (κ3) is 3.76. The topological polar surface area (TPSA) is 34.1 Å². The lowest BCUT2D eigenvalue weighted by Crippen LogP contribution is -2.03. The van der Waals surface area contributed by atoms with Gasteiger partial charge in [0.2, 0.25) is 5.12 Å². The summed E-state index contributed by atoms with van der Waals surface area (Å²) in [5.41, 5.74) is 1.67. The molecule has 3 rings (SSSR count). The molecule has 0 heterocycles. The van der Waals surface area contributed by atoms with Crippen molar-refractivity contribution in [3.8, 4) is 0 Å². The van der Waals surface area contributed by atoms with Crippen molar-refractivity contribution < 1.29 is 9.59 Å². The summed E-state index contributed by atoms with van der Waals surface area (Å²) in [4.78, 5) is 25.7. The molecule has 0 aliphatic carbocycles. The van der Waals surface area contributed by atoms with Crippen molar-refractivity contribution in [2.24, 2.45) is 0 Å². The molecule has 112 valence electrons. The van der Waals surface area contributed by atoms with E-state index in [1.54, 1.807) is 36.4 Å². The maximum absolute atomic E-state index is 12.5. The van der Waals surface area contributed by atoms with Crippen molar-refractivity contribution >= 4 is 22.7 Å². The number of ketones is 1. The minimum absolute atomic E-state index is 0.0705. The molecule has 0 aromatic heterocycles. The Balaban J connectivity index is 1.82. The summed E-state index contributed by atoms with van der Waals surface area (Å²) >= 11 is 1.16. The summed E-state index contributed by atoms with van der Waals surface area (Å²) in [6.07, 6.45) is 0. The number of carbonyl (C=O) groups is 2. The number of benzene rings is 3. The molecule has 3 aromatic carbocycles. The van der Waals surface area contributed by atoms with Crippen LogP contribution in [-0.2, 0) is 0 Å². The predicted molar refractivity (Wildman–Crippen MR) is 92.9 cm³/mol. The summed E-state index contributed by atoms with van der Waals surface area (Å²) in [5, 5.41) is -0.0705. The van der Waals surface area contributed by atoms with E-state index in [2.05, 4.69) is 0 Å². The van der Waals surface area contributed by atoms with E-state index in [0.29, 0.717) is 16.7 Å². The third-order valence-corrected chi connectivity index (χ3v) is 4.28. The lowest BCUT2D eigenvalue weighted by molar-refractivity contribution is 0.103. The summed E-state index contributed by atoms with van der Waals surface area (Å²) in [5.74, 6) is -0.0787. The molecule has 0 fully saturated rings. The van der Waals surface area contributed by atoms with Crippen molar-refractivity contribution in [1.29, 1.82) is 0 Å². The highest BCUT2D eigenvalue weighted by Gasteiger charge is 2.13. The van der Waals surface area contributed by atoms with E-state index in [0.717, 1.165) is 16.7 Å². The lowest BCUT2D eigenvalue weighted by Gasteiger charge is -2.04. The molecule has 0 amide bonds. The van der Waals surface area contributed by atoms with Crippen LogP contribution in [0.4, 0.5) is 0 Å². The Bertz CT molecular complexity index is 827. The Morgan fingerprint density at radius 1 is 0.609 bits per heavy atom. The van der Waals surface area contributed by atoms with E-state index in [1.165, 1.54) is 0 Å². The Labute approximate surface area is 139 Å². The quantitative estimate of drug-likeness (QED) is 0.509. The van der Waals surface area contributed by atoms with Crippen LogP contribution in [-0.4, -0.2) is 10.9 Å². The molecule has 0 saturated heterocycles. The second-order valence-corrected chi connectivity index (χ2v) is 6.02. The van der Waals surface area contributed by atoms with Crippen molar-refractivity contribution in [2.75, 3.05) is 0 Å². The zero-order valence-electron chi connectivity index (χ0n) is 12.3. The van der Waals surface area contributed by atoms with Gasteiger partial charge in [-0.1, -0.05) is 66.7 Å². The summed E-state index contributed by atoms with van der Waals surface area (Å²) in [6, 6.07) is 25.4. The van der Waals surface area contributed by atoms with Crippen LogP contribution >= 0.6 is 11.8 Å². The molecule has 0 unspecified atom stereocenters. The number of hydrogen-bond donors (Lipinski definition) is 0. The molecule has 0 radical (unpaired) electrons. The number of rotatable bonds is 4. The van der Waals surface area contributed by atoms with Gasteiger partial charge in [0, 0.05) is 21.6 Å². The van der Waals surface area contributed by atoms with Gasteiger partial charge in [0.25, 0.3) is 0 Å². The maximum atomic E-state index is 12.5. The minimum Gasteiger partial charge on any atom is -0.289 e. The Morgan fingerprint density at radius 2 is 1.17 bits per heavy atom. The van der Waals surface area contributed by atoms with E-state index in [-0.39, 0.29) is 10.9 Å². The lowest BCUT2D eigenvalue weighted by atomic mass is 10.0. The first-order valence-corrected chi connectivity index (χ1v) is 8.03. The fraction of sp³-hybridized carbons (Fsp3) is 0. The molecule has 3 aromatic rings. The van der Waals surface area contributed by atoms with Crippen LogP contribution in [0.15, 0.2) is 89.8 Å². The van der Waals surface area contributed by atoms with Crippen molar-refractivity contribution in [3.05, 3.63) is 102 Å². The van der Waals surface area contributed by atoms with Gasteiger partial charge in [0.15, 0.2) is 5.78 Å². The van der Waals surface area contributed by atoms with Crippen LogP contribution in [0.5, 0.6) is 0 Å². The molecular formula is C20H14O2S. The minimum atomic E-state index is -0.0787. The molecule has 0 N–H and O–H groups in total. The first-order chi connectivity index (χ1) is 11.2. The average molecular weight is 318 g/mol. The first kappa shape index (κ1) is 15.3. The Hall–Kier alpha value is -2.65. The van der Waals surface area contributed by atoms with Crippen molar-refractivity contribution in [1.82, 2.24) is 0 Å². The van der Waals surface area contributed by atoms with E-state index >= 15 is 0 Å². The predicted octanol–water partition coefficient (Wildman–Crippen LogP) is 4.85. The fourth-order valence-corrected chi connectivity index (χ4v) is 2.95. The van der Waals surface area contributed by atoms with Crippen molar-refractivity contribution in [3.63, 3.8) is 0 Å². The van der Waals surface area contributed by atoms with Gasteiger partial charge in [-0.3, -0.25) is 9.59 Å². The Kier molecular flexibility index (Phi) is 4.69. The number of hydrogen-bond acceptors (Lipinski definition) is 3. The monoisotopic (exact) mass is 318 g/mol. The highest BCUT2D eigenvalue weighted by Crippen LogP contribution is 2.23. The van der Waals surface area contributed by atoms with Crippen molar-refractivity contribution in [2.45, 2.75) is 4.90 Å². The molecule has 0 saturated carbocycles. The molecule has 0 aliphatic heterocycles. The first-order valence-electron chi connectivity index (χ1n) is 7.21. The smallest absolute Gasteiger partial charge is 0.224 e. The molecule has 2 nitrogen and oxygen atoms in total. The molecule has 0 spiro atoms. The second kappa shape index (κ2) is 7.07. The summed E-state index contributed by atoms with van der Waals surface area (Å²) in [6.45, 7) is 0.